The second kappa shape index (κ2) is 4.93. The van der Waals surface area contributed by atoms with Gasteiger partial charge in [-0.3, -0.25) is 4.79 Å². The number of benzene rings is 2. The molecule has 1 amide bonds. The fourth-order valence-corrected chi connectivity index (χ4v) is 1.47. The van der Waals surface area contributed by atoms with Crippen LogP contribution in [0.5, 0.6) is 5.75 Å². The number of amides is 1. The van der Waals surface area contributed by atoms with Gasteiger partial charge in [-0.25, -0.2) is 8.78 Å². The lowest BCUT2D eigenvalue weighted by molar-refractivity contribution is 0.102. The summed E-state index contributed by atoms with van der Waals surface area (Å²) in [6.45, 7) is 0. The first kappa shape index (κ1) is 12.8. The summed E-state index contributed by atoms with van der Waals surface area (Å²) >= 11 is 0. The minimum Gasteiger partial charge on any atom is -0.506 e. The summed E-state index contributed by atoms with van der Waals surface area (Å²) in [5, 5.41) is 11.6. The number of nitrogen functional groups attached to an aromatic ring is 1. The molecular formula is C13H10F2N2O2. The van der Waals surface area contributed by atoms with Crippen molar-refractivity contribution in [2.75, 3.05) is 11.1 Å². The van der Waals surface area contributed by atoms with E-state index in [9.17, 15) is 18.7 Å². The van der Waals surface area contributed by atoms with Crippen LogP contribution < -0.4 is 11.1 Å². The molecule has 0 radical (unpaired) electrons. The number of carbonyl (C=O) groups is 1. The van der Waals surface area contributed by atoms with Gasteiger partial charge in [0.1, 0.15) is 17.4 Å². The molecule has 0 aliphatic carbocycles. The molecule has 0 aliphatic rings. The third-order valence-corrected chi connectivity index (χ3v) is 2.47. The van der Waals surface area contributed by atoms with Crippen molar-refractivity contribution in [3.05, 3.63) is 53.6 Å². The monoisotopic (exact) mass is 264 g/mol. The molecule has 0 saturated heterocycles. The third kappa shape index (κ3) is 2.79. The molecule has 0 bridgehead atoms. The number of carbonyl (C=O) groups excluding carboxylic acids is 1. The molecule has 2 aromatic rings. The Morgan fingerprint density at radius 2 is 1.89 bits per heavy atom. The van der Waals surface area contributed by atoms with Gasteiger partial charge in [0.05, 0.1) is 11.4 Å². The normalized spacial score (nSPS) is 10.2. The highest BCUT2D eigenvalue weighted by molar-refractivity contribution is 6.04. The van der Waals surface area contributed by atoms with Gasteiger partial charge in [0.2, 0.25) is 0 Å². The fraction of sp³-hybridized carbons (Fsp3) is 0. The predicted octanol–water partition coefficient (Wildman–Crippen LogP) is 2.50. The zero-order chi connectivity index (χ0) is 14.0. The molecule has 0 spiro atoms. The molecule has 6 heteroatoms. The number of hydrogen-bond donors (Lipinski definition) is 3. The summed E-state index contributed by atoms with van der Waals surface area (Å²) in [6.07, 6.45) is 0. The number of phenolic OH excluding ortho intramolecular Hbond substituents is 1. The highest BCUT2D eigenvalue weighted by Gasteiger charge is 2.11. The molecule has 19 heavy (non-hydrogen) atoms. The van der Waals surface area contributed by atoms with Crippen molar-refractivity contribution in [3.63, 3.8) is 0 Å². The van der Waals surface area contributed by atoms with Crippen molar-refractivity contribution in [1.29, 1.82) is 0 Å². The first-order valence-corrected chi connectivity index (χ1v) is 5.32. The Kier molecular flexibility index (Phi) is 3.33. The van der Waals surface area contributed by atoms with Crippen molar-refractivity contribution in [2.45, 2.75) is 0 Å². The summed E-state index contributed by atoms with van der Waals surface area (Å²) in [6, 6.07) is 6.56. The van der Waals surface area contributed by atoms with Gasteiger partial charge in [-0.1, -0.05) is 0 Å². The topological polar surface area (TPSA) is 75.4 Å². The number of aromatic hydroxyl groups is 1. The van der Waals surface area contributed by atoms with Crippen LogP contribution in [0, 0.1) is 11.6 Å². The molecule has 4 N–H and O–H groups in total. The molecule has 2 aromatic carbocycles. The lowest BCUT2D eigenvalue weighted by Gasteiger charge is -2.07. The van der Waals surface area contributed by atoms with Crippen molar-refractivity contribution >= 4 is 17.3 Å². The summed E-state index contributed by atoms with van der Waals surface area (Å²) in [5.41, 5.74) is 5.32. The van der Waals surface area contributed by atoms with E-state index in [2.05, 4.69) is 5.32 Å². The fourth-order valence-electron chi connectivity index (χ4n) is 1.47. The Balaban J connectivity index is 2.25. The van der Waals surface area contributed by atoms with E-state index in [1.54, 1.807) is 0 Å². The van der Waals surface area contributed by atoms with E-state index in [0.717, 1.165) is 24.3 Å². The number of halogens is 2. The van der Waals surface area contributed by atoms with Gasteiger partial charge in [0, 0.05) is 11.6 Å². The van der Waals surface area contributed by atoms with E-state index in [1.807, 2.05) is 0 Å². The van der Waals surface area contributed by atoms with E-state index < -0.39 is 17.5 Å². The molecule has 0 unspecified atom stereocenters. The van der Waals surface area contributed by atoms with Gasteiger partial charge in [-0.05, 0) is 30.3 Å². The van der Waals surface area contributed by atoms with E-state index >= 15 is 0 Å². The average molecular weight is 264 g/mol. The van der Waals surface area contributed by atoms with Crippen LogP contribution in [-0.2, 0) is 0 Å². The summed E-state index contributed by atoms with van der Waals surface area (Å²) in [7, 11) is 0. The van der Waals surface area contributed by atoms with Gasteiger partial charge in [0.15, 0.2) is 0 Å². The zero-order valence-electron chi connectivity index (χ0n) is 9.65. The molecule has 0 atom stereocenters. The maximum absolute atomic E-state index is 13.3. The minimum atomic E-state index is -0.755. The molecule has 4 nitrogen and oxygen atoms in total. The maximum Gasteiger partial charge on any atom is 0.255 e. The predicted molar refractivity (Wildman–Crippen MR) is 66.8 cm³/mol. The van der Waals surface area contributed by atoms with Crippen LogP contribution in [0.1, 0.15) is 10.4 Å². The Hall–Kier alpha value is -2.63. The van der Waals surface area contributed by atoms with E-state index in [4.69, 9.17) is 5.73 Å². The lowest BCUT2D eigenvalue weighted by Crippen LogP contribution is -2.13. The van der Waals surface area contributed by atoms with Crippen molar-refractivity contribution in [2.24, 2.45) is 0 Å². The molecule has 0 heterocycles. The van der Waals surface area contributed by atoms with Crippen LogP contribution in [0.25, 0.3) is 0 Å². The van der Waals surface area contributed by atoms with Crippen LogP contribution in [0.3, 0.4) is 0 Å². The Morgan fingerprint density at radius 3 is 2.58 bits per heavy atom. The SMILES string of the molecule is Nc1ccc(C(=O)Nc2cc(F)ccc2F)cc1O. The molecule has 0 aliphatic heterocycles. The largest absolute Gasteiger partial charge is 0.506 e. The van der Waals surface area contributed by atoms with Gasteiger partial charge in [0.25, 0.3) is 5.91 Å². The molecule has 0 saturated carbocycles. The number of nitrogens with two attached hydrogens (primary N) is 1. The highest BCUT2D eigenvalue weighted by Crippen LogP contribution is 2.22. The van der Waals surface area contributed by atoms with Crippen LogP contribution in [0.15, 0.2) is 36.4 Å². The molecule has 98 valence electrons. The third-order valence-electron chi connectivity index (χ3n) is 2.47. The van der Waals surface area contributed by atoms with Gasteiger partial charge >= 0.3 is 0 Å². The van der Waals surface area contributed by atoms with Crippen molar-refractivity contribution in [1.82, 2.24) is 0 Å². The number of hydrogen-bond acceptors (Lipinski definition) is 3. The minimum absolute atomic E-state index is 0.0790. The van der Waals surface area contributed by atoms with Crippen LogP contribution >= 0.6 is 0 Å². The lowest BCUT2D eigenvalue weighted by atomic mass is 10.1. The Bertz CT molecular complexity index is 645. The molecule has 2 rings (SSSR count). The number of anilines is 2. The van der Waals surface area contributed by atoms with E-state index in [1.165, 1.54) is 12.1 Å². The van der Waals surface area contributed by atoms with E-state index in [0.29, 0.717) is 0 Å². The number of phenols is 1. The molecule has 0 fully saturated rings. The Morgan fingerprint density at radius 1 is 1.16 bits per heavy atom. The molecule has 0 aromatic heterocycles. The smallest absolute Gasteiger partial charge is 0.255 e. The Labute approximate surface area is 107 Å². The first-order valence-electron chi connectivity index (χ1n) is 5.32. The number of nitrogens with one attached hydrogen (secondary N) is 1. The molecular weight excluding hydrogens is 254 g/mol. The highest BCUT2D eigenvalue weighted by atomic mass is 19.1. The average Bonchev–Trinajstić information content (AvgIpc) is 2.37. The van der Waals surface area contributed by atoms with Crippen LogP contribution in [0.2, 0.25) is 0 Å². The number of rotatable bonds is 2. The first-order chi connectivity index (χ1) is 8.97. The van der Waals surface area contributed by atoms with Crippen molar-refractivity contribution < 1.29 is 18.7 Å². The second-order valence-corrected chi connectivity index (χ2v) is 3.85. The summed E-state index contributed by atoms with van der Waals surface area (Å²) in [4.78, 5) is 11.8. The van der Waals surface area contributed by atoms with Gasteiger partial charge in [-0.15, -0.1) is 0 Å². The standard InChI is InChI=1S/C13H10F2N2O2/c14-8-2-3-9(15)11(6-8)17-13(19)7-1-4-10(16)12(18)5-7/h1-6,18H,16H2,(H,17,19). The van der Waals surface area contributed by atoms with Crippen LogP contribution in [-0.4, -0.2) is 11.0 Å². The van der Waals surface area contributed by atoms with Crippen molar-refractivity contribution in [3.8, 4) is 5.75 Å². The van der Waals surface area contributed by atoms with Crippen LogP contribution in [0.4, 0.5) is 20.2 Å². The maximum atomic E-state index is 13.3. The quantitative estimate of drug-likeness (QED) is 0.576. The van der Waals surface area contributed by atoms with E-state index in [-0.39, 0.29) is 22.7 Å². The summed E-state index contributed by atoms with van der Waals surface area (Å²) in [5.74, 6) is -2.36. The van der Waals surface area contributed by atoms with Gasteiger partial charge in [-0.2, -0.15) is 0 Å². The summed E-state index contributed by atoms with van der Waals surface area (Å²) < 4.78 is 26.3. The second-order valence-electron chi connectivity index (χ2n) is 3.85. The zero-order valence-corrected chi connectivity index (χ0v) is 9.65. The van der Waals surface area contributed by atoms with Gasteiger partial charge < -0.3 is 16.2 Å².